The van der Waals surface area contributed by atoms with Crippen molar-refractivity contribution in [2.45, 2.75) is 37.8 Å². The molecule has 1 saturated carbocycles. The van der Waals surface area contributed by atoms with Gasteiger partial charge in [0, 0.05) is 23.6 Å². The van der Waals surface area contributed by atoms with Crippen LogP contribution in [-0.4, -0.2) is 37.2 Å². The fourth-order valence-corrected chi connectivity index (χ4v) is 3.22. The number of rotatable bonds is 5. The molecule has 0 aliphatic heterocycles. The van der Waals surface area contributed by atoms with Crippen LogP contribution in [0.3, 0.4) is 0 Å². The molecule has 2 heterocycles. The summed E-state index contributed by atoms with van der Waals surface area (Å²) in [6, 6.07) is 13.4. The van der Waals surface area contributed by atoms with Crippen LogP contribution < -0.4 is 10.6 Å². The zero-order valence-electron chi connectivity index (χ0n) is 14.9. The second-order valence-electron chi connectivity index (χ2n) is 6.64. The van der Waals surface area contributed by atoms with Crippen LogP contribution in [0.25, 0.3) is 11.4 Å². The van der Waals surface area contributed by atoms with E-state index < -0.39 is 0 Å². The normalized spacial score (nSPS) is 19.4. The largest absolute Gasteiger partial charge is 0.391 e. The third-order valence-corrected chi connectivity index (χ3v) is 4.65. The number of nitrogens with one attached hydrogen (secondary N) is 2. The van der Waals surface area contributed by atoms with Crippen LogP contribution in [0.4, 0.5) is 17.6 Å². The minimum atomic E-state index is -0.382. The lowest BCUT2D eigenvalue weighted by Gasteiger charge is -2.28. The molecule has 3 N–H and O–H groups in total. The standard InChI is InChI=1S/C20H22N6O/c27-17-9-5-4-8-16(17)23-20-25-18(14-6-2-1-3-7-14)24-19(26-20)22-15-10-12-21-13-11-15/h1-3,6-7,10-13,16-17,27H,4-5,8-9H2,(H2,21,22,23,24,25,26). The first-order chi connectivity index (χ1) is 13.3. The highest BCUT2D eigenvalue weighted by molar-refractivity contribution is 5.60. The number of aliphatic hydroxyl groups excluding tert-OH is 1. The SMILES string of the molecule is OC1CCCCC1Nc1nc(Nc2ccncc2)nc(-c2ccccc2)n1. The van der Waals surface area contributed by atoms with Gasteiger partial charge in [-0.1, -0.05) is 43.2 Å². The smallest absolute Gasteiger partial charge is 0.232 e. The molecule has 0 saturated heterocycles. The number of pyridine rings is 1. The van der Waals surface area contributed by atoms with Crippen LogP contribution >= 0.6 is 0 Å². The maximum absolute atomic E-state index is 10.3. The number of nitrogens with zero attached hydrogens (tertiary/aromatic N) is 4. The highest BCUT2D eigenvalue weighted by Crippen LogP contribution is 2.24. The van der Waals surface area contributed by atoms with Crippen LogP contribution in [0.15, 0.2) is 54.9 Å². The van der Waals surface area contributed by atoms with Crippen molar-refractivity contribution in [2.75, 3.05) is 10.6 Å². The van der Waals surface area contributed by atoms with Crippen molar-refractivity contribution in [1.29, 1.82) is 0 Å². The first-order valence-electron chi connectivity index (χ1n) is 9.21. The molecule has 0 amide bonds. The van der Waals surface area contributed by atoms with E-state index >= 15 is 0 Å². The lowest BCUT2D eigenvalue weighted by atomic mass is 9.93. The van der Waals surface area contributed by atoms with E-state index in [4.69, 9.17) is 0 Å². The Balaban J connectivity index is 1.65. The summed E-state index contributed by atoms with van der Waals surface area (Å²) in [5.41, 5.74) is 1.75. The second-order valence-corrected chi connectivity index (χ2v) is 6.64. The molecule has 2 atom stereocenters. The molecule has 0 bridgehead atoms. The second kappa shape index (κ2) is 8.09. The number of benzene rings is 1. The van der Waals surface area contributed by atoms with Gasteiger partial charge in [-0.2, -0.15) is 15.0 Å². The molecule has 138 valence electrons. The summed E-state index contributed by atoms with van der Waals surface area (Å²) in [7, 11) is 0. The average Bonchev–Trinajstić information content (AvgIpc) is 2.71. The van der Waals surface area contributed by atoms with Gasteiger partial charge >= 0.3 is 0 Å². The summed E-state index contributed by atoms with van der Waals surface area (Å²) in [5, 5.41) is 16.8. The lowest BCUT2D eigenvalue weighted by molar-refractivity contribution is 0.116. The van der Waals surface area contributed by atoms with Gasteiger partial charge in [-0.3, -0.25) is 4.98 Å². The number of anilines is 3. The molecule has 27 heavy (non-hydrogen) atoms. The van der Waals surface area contributed by atoms with E-state index in [1.54, 1.807) is 12.4 Å². The summed E-state index contributed by atoms with van der Waals surface area (Å²) in [6.07, 6.45) is 6.89. The molecule has 2 aromatic heterocycles. The van der Waals surface area contributed by atoms with Crippen molar-refractivity contribution in [1.82, 2.24) is 19.9 Å². The predicted molar refractivity (Wildman–Crippen MR) is 105 cm³/mol. The monoisotopic (exact) mass is 362 g/mol. The number of hydrogen-bond donors (Lipinski definition) is 3. The van der Waals surface area contributed by atoms with Crippen LogP contribution in [0, 0.1) is 0 Å². The summed E-state index contributed by atoms with van der Waals surface area (Å²) in [5.74, 6) is 1.49. The molecule has 7 nitrogen and oxygen atoms in total. The summed E-state index contributed by atoms with van der Waals surface area (Å²) >= 11 is 0. The van der Waals surface area contributed by atoms with E-state index in [0.717, 1.165) is 36.9 Å². The van der Waals surface area contributed by atoms with Gasteiger partial charge in [0.1, 0.15) is 0 Å². The highest BCUT2D eigenvalue weighted by Gasteiger charge is 2.24. The van der Waals surface area contributed by atoms with Crippen molar-refractivity contribution < 1.29 is 5.11 Å². The maximum atomic E-state index is 10.3. The van der Waals surface area contributed by atoms with Gasteiger partial charge in [0.2, 0.25) is 11.9 Å². The molecule has 1 aliphatic rings. The molecule has 1 aromatic carbocycles. The number of hydrogen-bond acceptors (Lipinski definition) is 7. The van der Waals surface area contributed by atoms with Crippen molar-refractivity contribution in [2.24, 2.45) is 0 Å². The Labute approximate surface area is 158 Å². The Morgan fingerprint density at radius 2 is 1.59 bits per heavy atom. The highest BCUT2D eigenvalue weighted by atomic mass is 16.3. The average molecular weight is 362 g/mol. The molecule has 2 unspecified atom stereocenters. The molecule has 1 aliphatic carbocycles. The summed E-state index contributed by atoms with van der Waals surface area (Å²) < 4.78 is 0. The summed E-state index contributed by atoms with van der Waals surface area (Å²) in [4.78, 5) is 17.7. The fraction of sp³-hybridized carbons (Fsp3) is 0.300. The maximum Gasteiger partial charge on any atom is 0.232 e. The zero-order valence-corrected chi connectivity index (χ0v) is 14.9. The van der Waals surface area contributed by atoms with Gasteiger partial charge < -0.3 is 15.7 Å². The fourth-order valence-electron chi connectivity index (χ4n) is 3.22. The van der Waals surface area contributed by atoms with E-state index in [2.05, 4.69) is 30.6 Å². The van der Waals surface area contributed by atoms with Crippen molar-refractivity contribution in [3.8, 4) is 11.4 Å². The lowest BCUT2D eigenvalue weighted by Crippen LogP contribution is -2.37. The Morgan fingerprint density at radius 3 is 2.37 bits per heavy atom. The van der Waals surface area contributed by atoms with E-state index in [0.29, 0.717) is 17.7 Å². The molecule has 0 spiro atoms. The minimum absolute atomic E-state index is 0.0430. The Bertz CT molecular complexity index is 874. The summed E-state index contributed by atoms with van der Waals surface area (Å²) in [6.45, 7) is 0. The van der Waals surface area contributed by atoms with Crippen LogP contribution in [0.1, 0.15) is 25.7 Å². The van der Waals surface area contributed by atoms with E-state index in [1.165, 1.54) is 0 Å². The quantitative estimate of drug-likeness (QED) is 0.640. The van der Waals surface area contributed by atoms with Gasteiger partial charge in [0.25, 0.3) is 0 Å². The van der Waals surface area contributed by atoms with Crippen LogP contribution in [0.5, 0.6) is 0 Å². The molecule has 1 fully saturated rings. The molecule has 7 heteroatoms. The Hall–Kier alpha value is -3.06. The molecular weight excluding hydrogens is 340 g/mol. The number of aromatic nitrogens is 4. The third-order valence-electron chi connectivity index (χ3n) is 4.65. The van der Waals surface area contributed by atoms with Gasteiger partial charge in [0.15, 0.2) is 5.82 Å². The molecule has 0 radical (unpaired) electrons. The minimum Gasteiger partial charge on any atom is -0.391 e. The van der Waals surface area contributed by atoms with Crippen LogP contribution in [0.2, 0.25) is 0 Å². The van der Waals surface area contributed by atoms with Crippen molar-refractivity contribution in [3.05, 3.63) is 54.9 Å². The molecular formula is C20H22N6O. The Morgan fingerprint density at radius 1 is 0.852 bits per heavy atom. The predicted octanol–water partition coefficient (Wildman–Crippen LogP) is 3.39. The van der Waals surface area contributed by atoms with Crippen LogP contribution in [-0.2, 0) is 0 Å². The first kappa shape index (κ1) is 17.4. The van der Waals surface area contributed by atoms with E-state index in [9.17, 15) is 5.11 Å². The van der Waals surface area contributed by atoms with Gasteiger partial charge in [-0.05, 0) is 25.0 Å². The van der Waals surface area contributed by atoms with Crippen molar-refractivity contribution >= 4 is 17.6 Å². The molecule has 3 aromatic rings. The van der Waals surface area contributed by atoms with Gasteiger partial charge in [-0.15, -0.1) is 0 Å². The molecule has 4 rings (SSSR count). The Kier molecular flexibility index (Phi) is 5.20. The van der Waals surface area contributed by atoms with Crippen molar-refractivity contribution in [3.63, 3.8) is 0 Å². The third kappa shape index (κ3) is 4.38. The van der Waals surface area contributed by atoms with E-state index in [-0.39, 0.29) is 12.1 Å². The first-order valence-corrected chi connectivity index (χ1v) is 9.21. The van der Waals surface area contributed by atoms with E-state index in [1.807, 2.05) is 42.5 Å². The van der Waals surface area contributed by atoms with Gasteiger partial charge in [0.05, 0.1) is 12.1 Å². The number of aliphatic hydroxyl groups is 1. The zero-order chi connectivity index (χ0) is 18.5. The van der Waals surface area contributed by atoms with Gasteiger partial charge in [-0.25, -0.2) is 0 Å². The topological polar surface area (TPSA) is 95.8 Å².